The van der Waals surface area contributed by atoms with Crippen LogP contribution in [0.3, 0.4) is 0 Å². The first-order chi connectivity index (χ1) is 20.0. The molecule has 1 saturated heterocycles. The average Bonchev–Trinajstić information content (AvgIpc) is 3.55. The molecule has 220 valence electrons. The molecule has 2 aliphatic heterocycles. The summed E-state index contributed by atoms with van der Waals surface area (Å²) >= 11 is 2.11. The SMILES string of the molecule is CO/N=C(\C(=O)N[C@@H]1C(=O)N2C(C(=O)[O-])=C(C[n+]3ccn4ccccc43)CS[C@H]12)c1nsc(NC(=O)OC(C)(C)C)n1. The molecule has 0 saturated carbocycles. The van der Waals surface area contributed by atoms with Gasteiger partial charge in [0.15, 0.2) is 0 Å². The van der Waals surface area contributed by atoms with Crippen molar-refractivity contribution in [3.05, 3.63) is 53.9 Å². The number of fused-ring (bicyclic) bond motifs is 2. The number of aromatic nitrogens is 4. The fourth-order valence-electron chi connectivity index (χ4n) is 4.42. The van der Waals surface area contributed by atoms with Crippen LogP contribution < -0.4 is 20.3 Å². The van der Waals surface area contributed by atoms with Crippen LogP contribution in [0.25, 0.3) is 5.65 Å². The number of carbonyl (C=O) groups is 4. The third-order valence-corrected chi connectivity index (χ3v) is 8.07. The van der Waals surface area contributed by atoms with Gasteiger partial charge in [0.05, 0.1) is 17.9 Å². The van der Waals surface area contributed by atoms with Crippen LogP contribution in [-0.4, -0.2) is 78.1 Å². The van der Waals surface area contributed by atoms with Crippen LogP contribution in [0.5, 0.6) is 0 Å². The molecule has 0 aromatic carbocycles. The summed E-state index contributed by atoms with van der Waals surface area (Å²) < 4.78 is 13.0. The maximum absolute atomic E-state index is 13.2. The summed E-state index contributed by atoms with van der Waals surface area (Å²) in [7, 11) is 1.22. The first-order valence-corrected chi connectivity index (χ1v) is 14.4. The number of carboxylic acids is 1. The van der Waals surface area contributed by atoms with Crippen molar-refractivity contribution >= 4 is 63.7 Å². The van der Waals surface area contributed by atoms with Crippen LogP contribution in [0.4, 0.5) is 9.93 Å². The summed E-state index contributed by atoms with van der Waals surface area (Å²) in [6.45, 7) is 5.35. The number of nitrogens with one attached hydrogen (secondary N) is 2. The van der Waals surface area contributed by atoms with E-state index < -0.39 is 40.9 Å². The summed E-state index contributed by atoms with van der Waals surface area (Å²) in [5.41, 5.74) is 0.0748. The number of carbonyl (C=O) groups excluding carboxylic acids is 4. The molecule has 0 unspecified atom stereocenters. The van der Waals surface area contributed by atoms with Crippen LogP contribution in [0, 0.1) is 0 Å². The van der Waals surface area contributed by atoms with Gasteiger partial charge in [0.25, 0.3) is 17.5 Å². The normalized spacial score (nSPS) is 18.8. The van der Waals surface area contributed by atoms with E-state index in [-0.39, 0.29) is 28.9 Å². The zero-order valence-electron chi connectivity index (χ0n) is 22.9. The molecule has 15 nitrogen and oxygen atoms in total. The first-order valence-electron chi connectivity index (χ1n) is 12.6. The molecule has 5 heterocycles. The predicted octanol–water partition coefficient (Wildman–Crippen LogP) is -0.120. The largest absolute Gasteiger partial charge is 0.543 e. The highest BCUT2D eigenvalue weighted by Crippen LogP contribution is 2.40. The Morgan fingerprint density at radius 2 is 2.05 bits per heavy atom. The van der Waals surface area contributed by atoms with Gasteiger partial charge in [0, 0.05) is 28.9 Å². The lowest BCUT2D eigenvalue weighted by Gasteiger charge is -2.50. The van der Waals surface area contributed by atoms with E-state index in [0.717, 1.165) is 22.1 Å². The number of anilines is 1. The molecule has 1 fully saturated rings. The van der Waals surface area contributed by atoms with E-state index in [9.17, 15) is 24.3 Å². The maximum Gasteiger partial charge on any atom is 0.414 e. The zero-order valence-corrected chi connectivity index (χ0v) is 24.5. The molecular formula is C25H26N8O7S2. The molecule has 3 aromatic rings. The lowest BCUT2D eigenvalue weighted by molar-refractivity contribution is -0.662. The summed E-state index contributed by atoms with van der Waals surface area (Å²) in [5, 5.41) is 20.3. The summed E-state index contributed by atoms with van der Waals surface area (Å²) in [5.74, 6) is -2.76. The Labute approximate surface area is 247 Å². The number of thioether (sulfide) groups is 1. The molecule has 2 aliphatic rings. The van der Waals surface area contributed by atoms with Crippen LogP contribution in [0.2, 0.25) is 0 Å². The topological polar surface area (TPSA) is 184 Å². The van der Waals surface area contributed by atoms with Crippen LogP contribution in [-0.2, 0) is 30.5 Å². The second-order valence-electron chi connectivity index (χ2n) is 10.2. The smallest absolute Gasteiger partial charge is 0.414 e. The van der Waals surface area contributed by atoms with Crippen molar-refractivity contribution in [3.63, 3.8) is 0 Å². The van der Waals surface area contributed by atoms with Gasteiger partial charge in [0.1, 0.15) is 43.1 Å². The Hall–Kier alpha value is -4.51. The molecule has 0 bridgehead atoms. The number of carboxylic acid groups (broad SMARTS) is 1. The van der Waals surface area contributed by atoms with Crippen LogP contribution in [0.1, 0.15) is 26.6 Å². The number of nitrogens with zero attached hydrogens (tertiary/aromatic N) is 6. The highest BCUT2D eigenvalue weighted by Gasteiger charge is 2.53. The average molecular weight is 615 g/mol. The second kappa shape index (κ2) is 11.4. The Bertz CT molecular complexity index is 1640. The van der Waals surface area contributed by atoms with Crippen molar-refractivity contribution in [2.24, 2.45) is 5.16 Å². The number of rotatable bonds is 8. The van der Waals surface area contributed by atoms with Gasteiger partial charge in [-0.05, 0) is 26.8 Å². The first kappa shape index (κ1) is 29.0. The minimum Gasteiger partial charge on any atom is -0.543 e. The number of oxime groups is 1. The lowest BCUT2D eigenvalue weighted by Crippen LogP contribution is -2.71. The fourth-order valence-corrected chi connectivity index (χ4v) is 6.32. The molecule has 3 amide bonds. The summed E-state index contributed by atoms with van der Waals surface area (Å²) in [6.07, 6.45) is 4.79. The monoisotopic (exact) mass is 614 g/mol. The molecule has 2 atom stereocenters. The number of hydrogen-bond acceptors (Lipinski definition) is 12. The van der Waals surface area contributed by atoms with Gasteiger partial charge < -0.3 is 24.8 Å². The molecule has 3 aromatic heterocycles. The van der Waals surface area contributed by atoms with Crippen LogP contribution >= 0.6 is 23.3 Å². The van der Waals surface area contributed by atoms with Crippen molar-refractivity contribution in [2.45, 2.75) is 44.3 Å². The molecule has 42 heavy (non-hydrogen) atoms. The number of ether oxygens (including phenoxy) is 1. The van der Waals surface area contributed by atoms with Gasteiger partial charge >= 0.3 is 6.09 Å². The third-order valence-electron chi connectivity index (χ3n) is 6.10. The predicted molar refractivity (Wildman–Crippen MR) is 148 cm³/mol. The minimum atomic E-state index is -1.48. The van der Waals surface area contributed by atoms with Crippen molar-refractivity contribution in [2.75, 3.05) is 18.2 Å². The number of hydrogen-bond donors (Lipinski definition) is 2. The molecule has 17 heteroatoms. The van der Waals surface area contributed by atoms with E-state index in [2.05, 4.69) is 25.1 Å². The quantitative estimate of drug-likeness (QED) is 0.150. The zero-order chi connectivity index (χ0) is 30.2. The number of pyridine rings is 1. The summed E-state index contributed by atoms with van der Waals surface area (Å²) in [6, 6.07) is 4.61. The lowest BCUT2D eigenvalue weighted by atomic mass is 10.0. The number of amides is 3. The Kier molecular flexibility index (Phi) is 7.87. The third kappa shape index (κ3) is 5.78. The van der Waals surface area contributed by atoms with E-state index in [1.807, 2.05) is 45.8 Å². The van der Waals surface area contributed by atoms with E-state index >= 15 is 0 Å². The van der Waals surface area contributed by atoms with Gasteiger partial charge in [0.2, 0.25) is 16.7 Å². The van der Waals surface area contributed by atoms with Crippen molar-refractivity contribution in [1.29, 1.82) is 0 Å². The molecule has 0 aliphatic carbocycles. The number of imidazole rings is 1. The van der Waals surface area contributed by atoms with E-state index in [1.165, 1.54) is 18.9 Å². The van der Waals surface area contributed by atoms with Gasteiger partial charge in [-0.3, -0.25) is 19.8 Å². The Morgan fingerprint density at radius 3 is 2.76 bits per heavy atom. The number of β-lactam (4-membered cyclic amide) rings is 1. The van der Waals surface area contributed by atoms with Crippen molar-refractivity contribution in [1.82, 2.24) is 24.0 Å². The van der Waals surface area contributed by atoms with Gasteiger partial charge in [-0.2, -0.15) is 9.36 Å². The molecule has 0 radical (unpaired) electrons. The second-order valence-corrected chi connectivity index (χ2v) is 12.0. The summed E-state index contributed by atoms with van der Waals surface area (Å²) in [4.78, 5) is 60.6. The fraction of sp³-hybridized carbons (Fsp3) is 0.360. The standard InChI is InChI=1S/C25H26N8O7S2/c1-25(2,3)40-24(38)28-23-27-18(30-42-23)15(29-39-4)19(34)26-16-20(35)33-17(22(36)37)13(12-41-21(16)33)11-32-10-9-31-8-6-5-7-14(31)32/h5-10,16,21H,11-12H2,1-4H3,(H2-,26,27,28,30,34,36,37,38)/b29-15-/t16-,21-/m1/s1. The van der Waals surface area contributed by atoms with E-state index in [4.69, 9.17) is 9.57 Å². The molecule has 2 N–H and O–H groups in total. The van der Waals surface area contributed by atoms with Gasteiger partial charge in [-0.1, -0.05) is 11.2 Å². The van der Waals surface area contributed by atoms with Gasteiger partial charge in [-0.15, -0.1) is 11.8 Å². The van der Waals surface area contributed by atoms with Crippen molar-refractivity contribution in [3.8, 4) is 0 Å². The number of aliphatic carboxylic acids is 1. The Morgan fingerprint density at radius 1 is 1.26 bits per heavy atom. The molecule has 0 spiro atoms. The van der Waals surface area contributed by atoms with E-state index in [1.54, 1.807) is 20.8 Å². The van der Waals surface area contributed by atoms with Crippen LogP contribution in [0.15, 0.2) is 53.2 Å². The Balaban J connectivity index is 1.30. The molecular weight excluding hydrogens is 588 g/mol. The minimum absolute atomic E-state index is 0.0507. The highest BCUT2D eigenvalue weighted by atomic mass is 32.2. The maximum atomic E-state index is 13.2. The van der Waals surface area contributed by atoms with Gasteiger partial charge in [-0.25, -0.2) is 13.8 Å². The highest BCUT2D eigenvalue weighted by molar-refractivity contribution is 8.00. The van der Waals surface area contributed by atoms with Crippen molar-refractivity contribution < 1.29 is 38.4 Å². The molecule has 5 rings (SSSR count). The van der Waals surface area contributed by atoms with E-state index in [0.29, 0.717) is 11.3 Å².